The van der Waals surface area contributed by atoms with Gasteiger partial charge in [0.1, 0.15) is 0 Å². The Hall–Kier alpha value is -1.95. The summed E-state index contributed by atoms with van der Waals surface area (Å²) >= 11 is 0. The van der Waals surface area contributed by atoms with Crippen molar-refractivity contribution in [3.8, 4) is 0 Å². The third kappa shape index (κ3) is 2.12. The van der Waals surface area contributed by atoms with E-state index in [1.807, 2.05) is 0 Å². The first-order valence-electron chi connectivity index (χ1n) is 5.54. The number of aromatic nitrogens is 3. The molecule has 0 aromatic carbocycles. The van der Waals surface area contributed by atoms with Crippen molar-refractivity contribution in [2.75, 3.05) is 0 Å². The Kier molecular flexibility index (Phi) is 2.29. The minimum Gasteiger partial charge on any atom is -0.478 e. The maximum Gasteiger partial charge on any atom is 0.337 e. The lowest BCUT2D eigenvalue weighted by Crippen LogP contribution is -2.16. The van der Waals surface area contributed by atoms with Gasteiger partial charge in [0.2, 0.25) is 0 Å². The number of fused-ring (bicyclic) bond motifs is 1. The van der Waals surface area contributed by atoms with Gasteiger partial charge < -0.3 is 10.4 Å². The molecule has 0 radical (unpaired) electrons. The molecule has 88 valence electrons. The second-order valence-corrected chi connectivity index (χ2v) is 4.21. The average molecular weight is 232 g/mol. The lowest BCUT2D eigenvalue weighted by atomic mass is 10.3. The fraction of sp³-hybridized carbons (Fsp3) is 0.364. The second-order valence-electron chi connectivity index (χ2n) is 4.21. The highest BCUT2D eigenvalue weighted by molar-refractivity contribution is 5.87. The van der Waals surface area contributed by atoms with Crippen LogP contribution in [0.4, 0.5) is 0 Å². The van der Waals surface area contributed by atoms with Crippen molar-refractivity contribution in [1.29, 1.82) is 0 Å². The van der Waals surface area contributed by atoms with E-state index in [9.17, 15) is 4.79 Å². The number of carbonyl (C=O) groups is 1. The van der Waals surface area contributed by atoms with Gasteiger partial charge in [-0.05, 0) is 25.0 Å². The zero-order valence-electron chi connectivity index (χ0n) is 9.13. The Morgan fingerprint density at radius 3 is 3.06 bits per heavy atom. The summed E-state index contributed by atoms with van der Waals surface area (Å²) in [6.07, 6.45) is 3.92. The van der Waals surface area contributed by atoms with Crippen LogP contribution in [0.2, 0.25) is 0 Å². The number of nitrogens with one attached hydrogen (secondary N) is 1. The number of hydrogen-bond acceptors (Lipinski definition) is 4. The molecule has 2 heterocycles. The summed E-state index contributed by atoms with van der Waals surface area (Å²) in [6.45, 7) is 0.634. The van der Waals surface area contributed by atoms with Gasteiger partial charge >= 0.3 is 5.97 Å². The van der Waals surface area contributed by atoms with Gasteiger partial charge in [-0.1, -0.05) is 0 Å². The first-order valence-corrected chi connectivity index (χ1v) is 5.54. The zero-order valence-corrected chi connectivity index (χ0v) is 9.13. The second kappa shape index (κ2) is 3.81. The molecule has 1 fully saturated rings. The van der Waals surface area contributed by atoms with E-state index in [1.54, 1.807) is 6.07 Å². The minimum atomic E-state index is -0.958. The summed E-state index contributed by atoms with van der Waals surface area (Å²) in [7, 11) is 0. The van der Waals surface area contributed by atoms with Crippen LogP contribution in [0.5, 0.6) is 0 Å². The van der Waals surface area contributed by atoms with Gasteiger partial charge in [-0.15, -0.1) is 5.10 Å². The quantitative estimate of drug-likeness (QED) is 0.810. The van der Waals surface area contributed by atoms with E-state index in [4.69, 9.17) is 5.11 Å². The van der Waals surface area contributed by atoms with Crippen molar-refractivity contribution in [3.05, 3.63) is 29.7 Å². The van der Waals surface area contributed by atoms with Crippen LogP contribution in [0.15, 0.2) is 18.3 Å². The largest absolute Gasteiger partial charge is 0.478 e. The average Bonchev–Trinajstić information content (AvgIpc) is 3.04. The van der Waals surface area contributed by atoms with Crippen molar-refractivity contribution in [2.24, 2.45) is 0 Å². The van der Waals surface area contributed by atoms with Crippen LogP contribution in [0.3, 0.4) is 0 Å². The van der Waals surface area contributed by atoms with Gasteiger partial charge in [0.15, 0.2) is 11.5 Å². The molecule has 2 N–H and O–H groups in total. The van der Waals surface area contributed by atoms with Crippen molar-refractivity contribution in [3.63, 3.8) is 0 Å². The monoisotopic (exact) mass is 232 g/mol. The molecule has 6 nitrogen and oxygen atoms in total. The van der Waals surface area contributed by atoms with Gasteiger partial charge in [0.25, 0.3) is 0 Å². The molecule has 17 heavy (non-hydrogen) atoms. The maximum absolute atomic E-state index is 10.8. The van der Waals surface area contributed by atoms with E-state index in [2.05, 4.69) is 15.4 Å². The third-order valence-corrected chi connectivity index (χ3v) is 2.75. The standard InChI is InChI=1S/C11H12N4O2/c16-11(17)7-1-4-10-13-9(14-15(10)6-7)5-12-8-2-3-8/h1,4,6,8,12H,2-3,5H2,(H,16,17). The molecule has 1 aliphatic rings. The maximum atomic E-state index is 10.8. The molecule has 1 saturated carbocycles. The van der Waals surface area contributed by atoms with E-state index in [1.165, 1.54) is 29.6 Å². The fourth-order valence-corrected chi connectivity index (χ4v) is 1.65. The van der Waals surface area contributed by atoms with E-state index >= 15 is 0 Å². The molecule has 0 bridgehead atoms. The highest BCUT2D eigenvalue weighted by Gasteiger charge is 2.20. The van der Waals surface area contributed by atoms with E-state index in [0.717, 1.165) is 0 Å². The van der Waals surface area contributed by atoms with Crippen LogP contribution >= 0.6 is 0 Å². The molecule has 0 unspecified atom stereocenters. The first-order chi connectivity index (χ1) is 8.22. The van der Waals surface area contributed by atoms with Crippen LogP contribution in [-0.4, -0.2) is 31.7 Å². The highest BCUT2D eigenvalue weighted by Crippen LogP contribution is 2.18. The van der Waals surface area contributed by atoms with Crippen LogP contribution in [0, 0.1) is 0 Å². The molecule has 0 saturated heterocycles. The van der Waals surface area contributed by atoms with Crippen molar-refractivity contribution in [2.45, 2.75) is 25.4 Å². The lowest BCUT2D eigenvalue weighted by Gasteiger charge is -1.95. The molecule has 0 atom stereocenters. The molecule has 6 heteroatoms. The Morgan fingerprint density at radius 1 is 1.53 bits per heavy atom. The van der Waals surface area contributed by atoms with Crippen LogP contribution < -0.4 is 5.32 Å². The number of carboxylic acid groups (broad SMARTS) is 1. The number of hydrogen-bond donors (Lipinski definition) is 2. The van der Waals surface area contributed by atoms with E-state index in [-0.39, 0.29) is 5.56 Å². The Morgan fingerprint density at radius 2 is 2.35 bits per heavy atom. The predicted octanol–water partition coefficient (Wildman–Crippen LogP) is 0.679. The molecule has 0 spiro atoms. The van der Waals surface area contributed by atoms with Gasteiger partial charge in [-0.3, -0.25) is 0 Å². The molecule has 0 amide bonds. The normalized spacial score (nSPS) is 15.3. The lowest BCUT2D eigenvalue weighted by molar-refractivity contribution is 0.0696. The van der Waals surface area contributed by atoms with E-state index < -0.39 is 5.97 Å². The van der Waals surface area contributed by atoms with Gasteiger partial charge in [0.05, 0.1) is 12.1 Å². The van der Waals surface area contributed by atoms with Crippen molar-refractivity contribution >= 4 is 11.6 Å². The fourth-order valence-electron chi connectivity index (χ4n) is 1.65. The Bertz CT molecular complexity index is 574. The van der Waals surface area contributed by atoms with E-state index in [0.29, 0.717) is 24.1 Å². The summed E-state index contributed by atoms with van der Waals surface area (Å²) < 4.78 is 1.51. The molecule has 1 aliphatic carbocycles. The topological polar surface area (TPSA) is 79.5 Å². The molecule has 0 aliphatic heterocycles. The van der Waals surface area contributed by atoms with Gasteiger partial charge in [-0.25, -0.2) is 14.3 Å². The molecule has 2 aromatic rings. The van der Waals surface area contributed by atoms with Crippen LogP contribution in [0.25, 0.3) is 5.65 Å². The SMILES string of the molecule is O=C(O)c1ccc2nc(CNC3CC3)nn2c1. The third-order valence-electron chi connectivity index (χ3n) is 2.75. The first kappa shape index (κ1) is 10.2. The number of pyridine rings is 1. The van der Waals surface area contributed by atoms with Crippen LogP contribution in [0.1, 0.15) is 29.0 Å². The Balaban J connectivity index is 1.86. The molecule has 3 rings (SSSR count). The summed E-state index contributed by atoms with van der Waals surface area (Å²) in [5.41, 5.74) is 0.881. The highest BCUT2D eigenvalue weighted by atomic mass is 16.4. The zero-order chi connectivity index (χ0) is 11.8. The Labute approximate surface area is 97.3 Å². The van der Waals surface area contributed by atoms with Gasteiger partial charge in [0, 0.05) is 12.2 Å². The molecular weight excluding hydrogens is 220 g/mol. The van der Waals surface area contributed by atoms with Crippen molar-refractivity contribution < 1.29 is 9.90 Å². The number of aromatic carboxylic acids is 1. The number of rotatable bonds is 4. The molecular formula is C11H12N4O2. The van der Waals surface area contributed by atoms with Crippen LogP contribution in [-0.2, 0) is 6.54 Å². The summed E-state index contributed by atoms with van der Waals surface area (Å²) in [5.74, 6) is -0.264. The smallest absolute Gasteiger partial charge is 0.337 e. The summed E-state index contributed by atoms with van der Waals surface area (Å²) in [5, 5.41) is 16.4. The number of carboxylic acids is 1. The molecule has 2 aromatic heterocycles. The predicted molar refractivity (Wildman–Crippen MR) is 59.8 cm³/mol. The summed E-state index contributed by atoms with van der Waals surface area (Å²) in [6, 6.07) is 3.80. The minimum absolute atomic E-state index is 0.212. The van der Waals surface area contributed by atoms with Crippen molar-refractivity contribution in [1.82, 2.24) is 19.9 Å². The number of nitrogens with zero attached hydrogens (tertiary/aromatic N) is 3. The van der Waals surface area contributed by atoms with Gasteiger partial charge in [-0.2, -0.15) is 0 Å². The summed E-state index contributed by atoms with van der Waals surface area (Å²) in [4.78, 5) is 15.1.